The number of fused-ring (bicyclic) bond motifs is 1. The first kappa shape index (κ1) is 21.2. The number of hydrogen-bond acceptors (Lipinski definition) is 5. The molecule has 1 amide bonds. The minimum atomic E-state index is -0.882. The normalized spacial score (nSPS) is 36.0. The van der Waals surface area contributed by atoms with E-state index in [1.54, 1.807) is 0 Å². The molecule has 0 spiro atoms. The van der Waals surface area contributed by atoms with Crippen molar-refractivity contribution in [2.24, 2.45) is 23.7 Å². The summed E-state index contributed by atoms with van der Waals surface area (Å²) in [4.78, 5) is 25.5. The molecule has 0 aromatic heterocycles. The van der Waals surface area contributed by atoms with E-state index < -0.39 is 5.60 Å². The fraction of sp³-hybridized carbons (Fsp3) is 0.818. The molecule has 2 saturated carbocycles. The number of hydrogen-bond donors (Lipinski definition) is 1. The van der Waals surface area contributed by atoms with Gasteiger partial charge in [0, 0.05) is 31.8 Å². The van der Waals surface area contributed by atoms with Crippen LogP contribution in [0.4, 0.5) is 4.79 Å². The Morgan fingerprint density at radius 2 is 2.00 bits per heavy atom. The third-order valence-corrected chi connectivity index (χ3v) is 7.21. The molecular formula is C22H35NO5. The summed E-state index contributed by atoms with van der Waals surface area (Å²) in [5.41, 5.74) is 0.134. The van der Waals surface area contributed by atoms with Crippen LogP contribution in [-0.2, 0) is 14.3 Å². The maximum atomic E-state index is 12.2. The highest BCUT2D eigenvalue weighted by atomic mass is 16.5. The molecule has 6 heteroatoms. The van der Waals surface area contributed by atoms with E-state index in [0.717, 1.165) is 31.3 Å². The Morgan fingerprint density at radius 3 is 2.57 bits per heavy atom. The van der Waals surface area contributed by atoms with Crippen LogP contribution in [0.25, 0.3) is 0 Å². The number of carbonyl (C=O) groups is 2. The van der Waals surface area contributed by atoms with Gasteiger partial charge in [-0.3, -0.25) is 4.79 Å². The van der Waals surface area contributed by atoms with Crippen LogP contribution in [0.2, 0.25) is 0 Å². The van der Waals surface area contributed by atoms with Gasteiger partial charge in [0.2, 0.25) is 0 Å². The van der Waals surface area contributed by atoms with Crippen molar-refractivity contribution < 1.29 is 24.2 Å². The predicted molar refractivity (Wildman–Crippen MR) is 106 cm³/mol. The molecule has 6 nitrogen and oxygen atoms in total. The molecule has 0 aromatic rings. The molecule has 6 atom stereocenters. The summed E-state index contributed by atoms with van der Waals surface area (Å²) < 4.78 is 10.5. The van der Waals surface area contributed by atoms with Crippen molar-refractivity contribution >= 4 is 12.1 Å². The van der Waals surface area contributed by atoms with E-state index in [1.807, 2.05) is 11.8 Å². The predicted octanol–water partition coefficient (Wildman–Crippen LogP) is 3.53. The third kappa shape index (κ3) is 4.07. The number of rotatable bonds is 5. The van der Waals surface area contributed by atoms with Gasteiger partial charge in [-0.15, -0.1) is 0 Å². The lowest BCUT2D eigenvalue weighted by molar-refractivity contribution is -0.159. The zero-order valence-electron chi connectivity index (χ0n) is 17.8. The number of amides is 1. The number of carbonyl (C=O) groups excluding carboxylic acids is 2. The van der Waals surface area contributed by atoms with Gasteiger partial charge in [-0.1, -0.05) is 19.9 Å². The van der Waals surface area contributed by atoms with Crippen LogP contribution in [-0.4, -0.2) is 53.5 Å². The first-order valence-electron chi connectivity index (χ1n) is 10.6. The largest absolute Gasteiger partial charge is 0.458 e. The molecular weight excluding hydrogens is 358 g/mol. The van der Waals surface area contributed by atoms with Crippen molar-refractivity contribution in [3.63, 3.8) is 0 Å². The second-order valence-corrected chi connectivity index (χ2v) is 9.20. The van der Waals surface area contributed by atoms with Crippen LogP contribution in [0.15, 0.2) is 11.6 Å². The molecule has 0 aliphatic heterocycles. The zero-order chi connectivity index (χ0) is 20.6. The van der Waals surface area contributed by atoms with Gasteiger partial charge >= 0.3 is 12.1 Å². The van der Waals surface area contributed by atoms with E-state index in [9.17, 15) is 14.7 Å². The lowest BCUT2D eigenvalue weighted by Gasteiger charge is -2.53. The highest BCUT2D eigenvalue weighted by Gasteiger charge is 2.53. The van der Waals surface area contributed by atoms with E-state index in [0.29, 0.717) is 19.0 Å². The summed E-state index contributed by atoms with van der Waals surface area (Å²) >= 11 is 0. The van der Waals surface area contributed by atoms with Crippen molar-refractivity contribution in [3.8, 4) is 0 Å². The minimum absolute atomic E-state index is 0.0109. The fourth-order valence-electron chi connectivity index (χ4n) is 5.32. The van der Waals surface area contributed by atoms with Gasteiger partial charge in [0.1, 0.15) is 6.10 Å². The van der Waals surface area contributed by atoms with Crippen molar-refractivity contribution in [2.75, 3.05) is 13.7 Å². The van der Waals surface area contributed by atoms with Crippen molar-refractivity contribution in [3.05, 3.63) is 11.6 Å². The first-order valence-corrected chi connectivity index (χ1v) is 10.6. The molecule has 2 fully saturated rings. The summed E-state index contributed by atoms with van der Waals surface area (Å²) in [5, 5.41) is 11.6. The van der Waals surface area contributed by atoms with Crippen LogP contribution >= 0.6 is 0 Å². The van der Waals surface area contributed by atoms with E-state index in [-0.39, 0.29) is 41.8 Å². The van der Waals surface area contributed by atoms with Gasteiger partial charge in [-0.2, -0.15) is 0 Å². The van der Waals surface area contributed by atoms with Crippen molar-refractivity contribution in [1.82, 2.24) is 4.90 Å². The van der Waals surface area contributed by atoms with Gasteiger partial charge in [-0.25, -0.2) is 4.79 Å². The molecule has 1 N–H and O–H groups in total. The summed E-state index contributed by atoms with van der Waals surface area (Å²) in [6.07, 6.45) is 6.02. The average Bonchev–Trinajstić information content (AvgIpc) is 3.46. The standard InChI is InChI=1S/C22H35NO5/c1-13-10-19-18(14(2)12-23(17-7-8-17)21(25)27-5)9-6-15(3)22(19,26)11-20(13)28-16(4)24/h10,14-15,17-20,26H,6-9,11-12H2,1-5H3/t14-,15-,18+,19-,20-,22-/m1/s1. The molecule has 0 bridgehead atoms. The van der Waals surface area contributed by atoms with Crippen LogP contribution in [0.3, 0.4) is 0 Å². The fourth-order valence-corrected chi connectivity index (χ4v) is 5.32. The smallest absolute Gasteiger partial charge is 0.409 e. The lowest BCUT2D eigenvalue weighted by Crippen LogP contribution is -2.56. The Kier molecular flexibility index (Phi) is 6.08. The first-order chi connectivity index (χ1) is 13.2. The molecule has 158 valence electrons. The average molecular weight is 394 g/mol. The van der Waals surface area contributed by atoms with Crippen LogP contribution in [0.1, 0.15) is 59.8 Å². The Labute approximate surface area is 168 Å². The molecule has 3 aliphatic rings. The Morgan fingerprint density at radius 1 is 1.32 bits per heavy atom. The molecule has 0 radical (unpaired) electrons. The van der Waals surface area contributed by atoms with Crippen molar-refractivity contribution in [2.45, 2.75) is 77.5 Å². The SMILES string of the molecule is COC(=O)N(C[C@@H](C)[C@@H]1CC[C@@H](C)[C@]2(O)C[C@@H](OC(C)=O)C(C)=C[C@H]12)C1CC1. The lowest BCUT2D eigenvalue weighted by atomic mass is 9.57. The van der Waals surface area contributed by atoms with E-state index in [1.165, 1.54) is 14.0 Å². The number of esters is 1. The summed E-state index contributed by atoms with van der Waals surface area (Å²) in [5.74, 6) is 0.366. The van der Waals surface area contributed by atoms with E-state index >= 15 is 0 Å². The Bertz CT molecular complexity index is 643. The molecule has 3 rings (SSSR count). The van der Waals surface area contributed by atoms with Crippen molar-refractivity contribution in [1.29, 1.82) is 0 Å². The van der Waals surface area contributed by atoms with Gasteiger partial charge in [0.25, 0.3) is 0 Å². The van der Waals surface area contributed by atoms with E-state index in [4.69, 9.17) is 9.47 Å². The summed E-state index contributed by atoms with van der Waals surface area (Å²) in [7, 11) is 1.44. The number of nitrogens with zero attached hydrogens (tertiary/aromatic N) is 1. The van der Waals surface area contributed by atoms with Crippen LogP contribution < -0.4 is 0 Å². The summed E-state index contributed by atoms with van der Waals surface area (Å²) in [6, 6.07) is 0.299. The van der Waals surface area contributed by atoms with Crippen LogP contribution in [0.5, 0.6) is 0 Å². The molecule has 3 aliphatic carbocycles. The van der Waals surface area contributed by atoms with Crippen LogP contribution in [0, 0.1) is 23.7 Å². The monoisotopic (exact) mass is 393 g/mol. The number of aliphatic hydroxyl groups is 1. The Balaban J connectivity index is 1.81. The zero-order valence-corrected chi connectivity index (χ0v) is 17.8. The quantitative estimate of drug-likeness (QED) is 0.571. The third-order valence-electron chi connectivity index (χ3n) is 7.21. The maximum Gasteiger partial charge on any atom is 0.409 e. The summed E-state index contributed by atoms with van der Waals surface area (Å²) in [6.45, 7) is 8.33. The molecule has 0 unspecified atom stereocenters. The number of ether oxygens (including phenoxy) is 2. The molecule has 0 aromatic carbocycles. The highest BCUT2D eigenvalue weighted by Crippen LogP contribution is 2.51. The highest BCUT2D eigenvalue weighted by molar-refractivity contribution is 5.68. The van der Waals surface area contributed by atoms with Gasteiger partial charge in [-0.05, 0) is 55.9 Å². The minimum Gasteiger partial charge on any atom is -0.458 e. The second kappa shape index (κ2) is 8.05. The number of methoxy groups -OCH3 is 1. The Hall–Kier alpha value is -1.56. The van der Waals surface area contributed by atoms with Gasteiger partial charge < -0.3 is 19.5 Å². The molecule has 28 heavy (non-hydrogen) atoms. The molecule has 0 saturated heterocycles. The maximum absolute atomic E-state index is 12.2. The van der Waals surface area contributed by atoms with Gasteiger partial charge in [0.05, 0.1) is 12.7 Å². The van der Waals surface area contributed by atoms with Gasteiger partial charge in [0.15, 0.2) is 0 Å². The second-order valence-electron chi connectivity index (χ2n) is 9.20. The van der Waals surface area contributed by atoms with E-state index in [2.05, 4.69) is 19.9 Å². The topological polar surface area (TPSA) is 76.1 Å². The molecule has 0 heterocycles.